The van der Waals surface area contributed by atoms with E-state index in [2.05, 4.69) is 10.3 Å². The maximum atomic E-state index is 12.1. The maximum Gasteiger partial charge on any atom is 0.189 e. The molecule has 0 atom stereocenters. The number of phenols is 1. The number of anilines is 1. The minimum absolute atomic E-state index is 0.0948. The highest BCUT2D eigenvalue weighted by molar-refractivity contribution is 6.04. The average molecular weight is 268 g/mol. The minimum atomic E-state index is -0.0948. The lowest BCUT2D eigenvalue weighted by molar-refractivity contribution is 0.104. The molecule has 4 nitrogen and oxygen atoms in total. The third-order valence-corrected chi connectivity index (χ3v) is 2.78. The molecule has 1 aromatic heterocycles. The molecular weight excluding hydrogens is 252 g/mol. The van der Waals surface area contributed by atoms with E-state index in [1.807, 2.05) is 13.0 Å². The third-order valence-electron chi connectivity index (χ3n) is 2.78. The Bertz CT molecular complexity index is 621. The fourth-order valence-corrected chi connectivity index (χ4v) is 1.75. The average Bonchev–Trinajstić information content (AvgIpc) is 2.47. The van der Waals surface area contributed by atoms with Crippen molar-refractivity contribution in [2.24, 2.45) is 0 Å². The van der Waals surface area contributed by atoms with Gasteiger partial charge in [0.05, 0.1) is 0 Å². The van der Waals surface area contributed by atoms with Gasteiger partial charge in [0.25, 0.3) is 0 Å². The number of carbonyl (C=O) groups is 1. The molecule has 20 heavy (non-hydrogen) atoms. The van der Waals surface area contributed by atoms with Crippen molar-refractivity contribution in [2.45, 2.75) is 13.3 Å². The number of aromatic hydroxyl groups is 1. The molecule has 102 valence electrons. The Morgan fingerprint density at radius 2 is 2.20 bits per heavy atom. The van der Waals surface area contributed by atoms with Crippen LogP contribution in [0.1, 0.15) is 23.7 Å². The fourth-order valence-electron chi connectivity index (χ4n) is 1.75. The molecule has 0 unspecified atom stereocenters. The number of nitrogens with one attached hydrogen (secondary N) is 1. The molecule has 0 saturated heterocycles. The largest absolute Gasteiger partial charge is 0.508 e. The Hall–Kier alpha value is -2.62. The summed E-state index contributed by atoms with van der Waals surface area (Å²) in [6.07, 6.45) is 5.41. The van der Waals surface area contributed by atoms with E-state index in [9.17, 15) is 9.90 Å². The predicted octanol–water partition coefficient (Wildman–Crippen LogP) is 3.38. The topological polar surface area (TPSA) is 62.2 Å². The molecule has 4 heteroatoms. The zero-order valence-electron chi connectivity index (χ0n) is 11.2. The summed E-state index contributed by atoms with van der Waals surface area (Å²) in [7, 11) is 0. The van der Waals surface area contributed by atoms with Crippen LogP contribution in [0.3, 0.4) is 0 Å². The number of phenolic OH excluding ortho intramolecular Hbond substituents is 1. The van der Waals surface area contributed by atoms with Gasteiger partial charge in [0.2, 0.25) is 0 Å². The van der Waals surface area contributed by atoms with E-state index in [-0.39, 0.29) is 11.5 Å². The molecule has 0 aliphatic heterocycles. The van der Waals surface area contributed by atoms with Crippen molar-refractivity contribution in [3.05, 3.63) is 66.1 Å². The number of hydrogen-bond acceptors (Lipinski definition) is 4. The van der Waals surface area contributed by atoms with Crippen LogP contribution in [0, 0.1) is 0 Å². The predicted molar refractivity (Wildman–Crippen MR) is 78.7 cm³/mol. The standard InChI is InChI=1S/C16H16N2O2/c1-2-13(18-14-6-3-7-15(19)9-14)10-16(20)12-5-4-8-17-11-12/h3-11,18-19H,2H2,1H3. The van der Waals surface area contributed by atoms with E-state index in [1.54, 1.807) is 48.8 Å². The number of hydrogen-bond donors (Lipinski definition) is 2. The van der Waals surface area contributed by atoms with Crippen LogP contribution in [0.4, 0.5) is 5.69 Å². The van der Waals surface area contributed by atoms with Crippen molar-refractivity contribution < 1.29 is 9.90 Å². The van der Waals surface area contributed by atoms with E-state index in [1.165, 1.54) is 0 Å². The summed E-state index contributed by atoms with van der Waals surface area (Å²) in [6, 6.07) is 10.2. The van der Waals surface area contributed by atoms with Crippen LogP contribution in [-0.4, -0.2) is 15.9 Å². The second-order valence-corrected chi connectivity index (χ2v) is 4.30. The Balaban J connectivity index is 2.16. The van der Waals surface area contributed by atoms with Crippen LogP contribution in [0.5, 0.6) is 5.75 Å². The zero-order valence-corrected chi connectivity index (χ0v) is 11.2. The highest BCUT2D eigenvalue weighted by atomic mass is 16.3. The second kappa shape index (κ2) is 6.52. The second-order valence-electron chi connectivity index (χ2n) is 4.30. The fraction of sp³-hybridized carbons (Fsp3) is 0.125. The summed E-state index contributed by atoms with van der Waals surface area (Å²) in [6.45, 7) is 1.96. The van der Waals surface area contributed by atoms with Crippen LogP contribution < -0.4 is 5.32 Å². The quantitative estimate of drug-likeness (QED) is 0.644. The molecule has 0 bridgehead atoms. The molecule has 0 aliphatic rings. The Morgan fingerprint density at radius 3 is 2.85 bits per heavy atom. The molecule has 2 aromatic rings. The van der Waals surface area contributed by atoms with Gasteiger partial charge in [-0.2, -0.15) is 0 Å². The molecule has 0 fully saturated rings. The van der Waals surface area contributed by atoms with Gasteiger partial charge in [-0.25, -0.2) is 0 Å². The van der Waals surface area contributed by atoms with Crippen molar-refractivity contribution >= 4 is 11.5 Å². The molecule has 1 aromatic carbocycles. The van der Waals surface area contributed by atoms with Gasteiger partial charge in [-0.1, -0.05) is 13.0 Å². The van der Waals surface area contributed by atoms with Crippen LogP contribution in [0.2, 0.25) is 0 Å². The summed E-state index contributed by atoms with van der Waals surface area (Å²) in [5.41, 5.74) is 2.08. The van der Waals surface area contributed by atoms with Crippen LogP contribution in [0.15, 0.2) is 60.6 Å². The van der Waals surface area contributed by atoms with Crippen molar-refractivity contribution in [3.8, 4) is 5.75 Å². The molecule has 2 rings (SSSR count). The summed E-state index contributed by atoms with van der Waals surface area (Å²) in [5, 5.41) is 12.6. The normalized spacial score (nSPS) is 11.2. The smallest absolute Gasteiger partial charge is 0.189 e. The van der Waals surface area contributed by atoms with Crippen molar-refractivity contribution in [1.82, 2.24) is 4.98 Å². The number of aromatic nitrogens is 1. The first-order valence-corrected chi connectivity index (χ1v) is 6.40. The maximum absolute atomic E-state index is 12.1. The number of carbonyl (C=O) groups excluding carboxylic acids is 1. The lowest BCUT2D eigenvalue weighted by atomic mass is 10.1. The van der Waals surface area contributed by atoms with Crippen LogP contribution in [0.25, 0.3) is 0 Å². The molecular formula is C16H16N2O2. The third kappa shape index (κ3) is 3.68. The lowest BCUT2D eigenvalue weighted by Gasteiger charge is -2.09. The highest BCUT2D eigenvalue weighted by Crippen LogP contribution is 2.18. The van der Waals surface area contributed by atoms with Gasteiger partial charge in [0, 0.05) is 41.5 Å². The monoisotopic (exact) mass is 268 g/mol. The molecule has 2 N–H and O–H groups in total. The van der Waals surface area contributed by atoms with E-state index in [0.717, 1.165) is 11.4 Å². The number of allylic oxidation sites excluding steroid dienone is 2. The van der Waals surface area contributed by atoms with Crippen molar-refractivity contribution in [3.63, 3.8) is 0 Å². The number of nitrogens with zero attached hydrogens (tertiary/aromatic N) is 1. The van der Waals surface area contributed by atoms with E-state index >= 15 is 0 Å². The molecule has 0 spiro atoms. The molecule has 0 radical (unpaired) electrons. The van der Waals surface area contributed by atoms with E-state index in [0.29, 0.717) is 12.0 Å². The molecule has 0 saturated carbocycles. The van der Waals surface area contributed by atoms with E-state index in [4.69, 9.17) is 0 Å². The molecule has 0 aliphatic carbocycles. The van der Waals surface area contributed by atoms with Crippen molar-refractivity contribution in [1.29, 1.82) is 0 Å². The molecule has 0 amide bonds. The number of benzene rings is 1. The van der Waals surface area contributed by atoms with Crippen LogP contribution >= 0.6 is 0 Å². The number of ketones is 1. The van der Waals surface area contributed by atoms with E-state index < -0.39 is 0 Å². The number of rotatable bonds is 5. The van der Waals surface area contributed by atoms with Gasteiger partial charge in [-0.3, -0.25) is 9.78 Å². The summed E-state index contributed by atoms with van der Waals surface area (Å²) in [4.78, 5) is 16.0. The number of pyridine rings is 1. The minimum Gasteiger partial charge on any atom is -0.508 e. The first-order valence-electron chi connectivity index (χ1n) is 6.40. The Morgan fingerprint density at radius 1 is 1.35 bits per heavy atom. The van der Waals surface area contributed by atoms with Gasteiger partial charge in [-0.05, 0) is 30.7 Å². The Kier molecular flexibility index (Phi) is 4.50. The lowest BCUT2D eigenvalue weighted by Crippen LogP contribution is -2.03. The van der Waals surface area contributed by atoms with Crippen LogP contribution in [-0.2, 0) is 0 Å². The van der Waals surface area contributed by atoms with Gasteiger partial charge < -0.3 is 10.4 Å². The first-order chi connectivity index (χ1) is 9.69. The summed E-state index contributed by atoms with van der Waals surface area (Å²) < 4.78 is 0. The summed E-state index contributed by atoms with van der Waals surface area (Å²) in [5.74, 6) is 0.0895. The SMILES string of the molecule is CCC(=CC(=O)c1cccnc1)Nc1cccc(O)c1. The van der Waals surface area contributed by atoms with Gasteiger partial charge >= 0.3 is 0 Å². The van der Waals surface area contributed by atoms with Gasteiger partial charge in [-0.15, -0.1) is 0 Å². The molecule has 1 heterocycles. The highest BCUT2D eigenvalue weighted by Gasteiger charge is 2.04. The van der Waals surface area contributed by atoms with Crippen molar-refractivity contribution in [2.75, 3.05) is 5.32 Å². The first kappa shape index (κ1) is 13.8. The summed E-state index contributed by atoms with van der Waals surface area (Å²) >= 11 is 0. The zero-order chi connectivity index (χ0) is 14.4. The Labute approximate surface area is 117 Å². The van der Waals surface area contributed by atoms with Gasteiger partial charge in [0.15, 0.2) is 5.78 Å². The van der Waals surface area contributed by atoms with Gasteiger partial charge in [0.1, 0.15) is 5.75 Å².